The van der Waals surface area contributed by atoms with Crippen LogP contribution in [0.2, 0.25) is 5.02 Å². The van der Waals surface area contributed by atoms with Gasteiger partial charge in [0.15, 0.2) is 0 Å². The molecule has 2 aromatic carbocycles. The van der Waals surface area contributed by atoms with Crippen LogP contribution in [0.5, 0.6) is 0 Å². The quantitative estimate of drug-likeness (QED) is 0.477. The van der Waals surface area contributed by atoms with E-state index in [1.165, 1.54) is 10.4 Å². The number of nitrogens with one attached hydrogen (secondary N) is 1. The molecule has 4 aromatic rings. The highest BCUT2D eigenvalue weighted by molar-refractivity contribution is 7.18. The van der Waals surface area contributed by atoms with Gasteiger partial charge in [0.2, 0.25) is 5.95 Å². The molecule has 0 bridgehead atoms. The Morgan fingerprint density at radius 1 is 1.13 bits per heavy atom. The number of fused-ring (bicyclic) bond motifs is 3. The van der Waals surface area contributed by atoms with Gasteiger partial charge >= 0.3 is 0 Å². The first kappa shape index (κ1) is 20.2. The fourth-order valence-electron chi connectivity index (χ4n) is 4.08. The minimum absolute atomic E-state index is 0.0170. The normalized spacial score (nSPS) is 14.0. The zero-order valence-corrected chi connectivity index (χ0v) is 18.8. The molecule has 7 heteroatoms. The van der Waals surface area contributed by atoms with Crippen molar-refractivity contribution in [1.29, 1.82) is 0 Å². The molecule has 0 radical (unpaired) electrons. The maximum Gasteiger partial charge on any atom is 0.268 e. The van der Waals surface area contributed by atoms with Crippen molar-refractivity contribution >= 4 is 39.1 Å². The van der Waals surface area contributed by atoms with Crippen LogP contribution in [0.3, 0.4) is 0 Å². The largest absolute Gasteiger partial charge is 0.355 e. The molecule has 1 N–H and O–H groups in total. The SMILES string of the molecule is CN1CCc2c(sc3nc(NCCc4ccccc4)n(-c4ccc(Cl)cc4)c(=O)c23)C1. The Bertz CT molecular complexity index is 1280. The van der Waals surface area contributed by atoms with Crippen LogP contribution in [-0.2, 0) is 19.4 Å². The summed E-state index contributed by atoms with van der Waals surface area (Å²) in [5.41, 5.74) is 3.15. The van der Waals surface area contributed by atoms with Gasteiger partial charge < -0.3 is 10.2 Å². The third kappa shape index (κ3) is 3.99. The Morgan fingerprint density at radius 2 is 1.90 bits per heavy atom. The van der Waals surface area contributed by atoms with Crippen molar-refractivity contribution in [2.24, 2.45) is 0 Å². The van der Waals surface area contributed by atoms with Crippen LogP contribution in [0.1, 0.15) is 16.0 Å². The summed E-state index contributed by atoms with van der Waals surface area (Å²) in [7, 11) is 2.11. The molecular weight excluding hydrogens is 428 g/mol. The van der Waals surface area contributed by atoms with Crippen LogP contribution >= 0.6 is 22.9 Å². The molecule has 158 valence electrons. The summed E-state index contributed by atoms with van der Waals surface area (Å²) in [6.07, 6.45) is 1.73. The molecule has 0 amide bonds. The smallest absolute Gasteiger partial charge is 0.268 e. The highest BCUT2D eigenvalue weighted by atomic mass is 35.5. The van der Waals surface area contributed by atoms with E-state index in [1.54, 1.807) is 28.0 Å². The highest BCUT2D eigenvalue weighted by Gasteiger charge is 2.24. The lowest BCUT2D eigenvalue weighted by molar-refractivity contribution is 0.318. The van der Waals surface area contributed by atoms with Crippen molar-refractivity contribution in [3.05, 3.63) is 86.0 Å². The van der Waals surface area contributed by atoms with E-state index in [9.17, 15) is 4.79 Å². The van der Waals surface area contributed by atoms with E-state index in [1.807, 2.05) is 30.3 Å². The summed E-state index contributed by atoms with van der Waals surface area (Å²) in [5.74, 6) is 0.572. The van der Waals surface area contributed by atoms with Gasteiger partial charge in [-0.2, -0.15) is 0 Å². The molecule has 0 aliphatic carbocycles. The third-order valence-corrected chi connectivity index (χ3v) is 7.05. The van der Waals surface area contributed by atoms with Gasteiger partial charge in [0.05, 0.1) is 11.1 Å². The Kier molecular flexibility index (Phi) is 5.52. The molecule has 0 atom stereocenters. The number of hydrogen-bond donors (Lipinski definition) is 1. The number of benzene rings is 2. The molecule has 1 aliphatic rings. The molecule has 31 heavy (non-hydrogen) atoms. The number of rotatable bonds is 5. The van der Waals surface area contributed by atoms with Crippen LogP contribution < -0.4 is 10.9 Å². The molecule has 5 rings (SSSR count). The van der Waals surface area contributed by atoms with E-state index in [-0.39, 0.29) is 5.56 Å². The predicted octanol–water partition coefficient (Wildman–Crippen LogP) is 4.74. The molecule has 5 nitrogen and oxygen atoms in total. The summed E-state index contributed by atoms with van der Waals surface area (Å²) < 4.78 is 1.69. The summed E-state index contributed by atoms with van der Waals surface area (Å²) in [6, 6.07) is 17.6. The average Bonchev–Trinajstić information content (AvgIpc) is 3.13. The number of halogens is 1. The van der Waals surface area contributed by atoms with Gasteiger partial charge in [0.1, 0.15) is 4.83 Å². The average molecular weight is 451 g/mol. The molecule has 0 saturated heterocycles. The number of nitrogens with zero attached hydrogens (tertiary/aromatic N) is 3. The highest BCUT2D eigenvalue weighted by Crippen LogP contribution is 2.33. The van der Waals surface area contributed by atoms with Gasteiger partial charge in [0, 0.05) is 29.5 Å². The van der Waals surface area contributed by atoms with Crippen LogP contribution in [0.15, 0.2) is 59.4 Å². The van der Waals surface area contributed by atoms with E-state index in [4.69, 9.17) is 16.6 Å². The molecule has 1 aliphatic heterocycles. The number of aromatic nitrogens is 2. The first-order chi connectivity index (χ1) is 15.1. The van der Waals surface area contributed by atoms with Crippen molar-refractivity contribution in [2.45, 2.75) is 19.4 Å². The second-order valence-electron chi connectivity index (χ2n) is 7.89. The maximum atomic E-state index is 13.7. The molecular formula is C24H23ClN4OS. The van der Waals surface area contributed by atoms with Gasteiger partial charge in [-0.3, -0.25) is 4.79 Å². The summed E-state index contributed by atoms with van der Waals surface area (Å²) in [4.78, 5) is 23.0. The second kappa shape index (κ2) is 8.46. The van der Waals surface area contributed by atoms with Crippen molar-refractivity contribution in [3.63, 3.8) is 0 Å². The predicted molar refractivity (Wildman–Crippen MR) is 129 cm³/mol. The monoisotopic (exact) mass is 450 g/mol. The van der Waals surface area contributed by atoms with E-state index in [0.29, 0.717) is 17.5 Å². The van der Waals surface area contributed by atoms with E-state index in [2.05, 4.69) is 29.4 Å². The molecule has 0 unspecified atom stereocenters. The topological polar surface area (TPSA) is 50.2 Å². The van der Waals surface area contributed by atoms with Gasteiger partial charge in [-0.15, -0.1) is 11.3 Å². The lowest BCUT2D eigenvalue weighted by Gasteiger charge is -2.21. The maximum absolute atomic E-state index is 13.7. The zero-order valence-electron chi connectivity index (χ0n) is 17.3. The third-order valence-electron chi connectivity index (χ3n) is 5.69. The van der Waals surface area contributed by atoms with Crippen molar-refractivity contribution < 1.29 is 0 Å². The van der Waals surface area contributed by atoms with Crippen molar-refractivity contribution in [1.82, 2.24) is 14.5 Å². The first-order valence-corrected chi connectivity index (χ1v) is 11.6. The number of anilines is 1. The van der Waals surface area contributed by atoms with Crippen molar-refractivity contribution in [2.75, 3.05) is 25.5 Å². The number of likely N-dealkylation sites (N-methyl/N-ethyl adjacent to an activating group) is 1. The van der Waals surface area contributed by atoms with Crippen LogP contribution in [0, 0.1) is 0 Å². The zero-order chi connectivity index (χ0) is 21.4. The van der Waals surface area contributed by atoms with Gasteiger partial charge in [-0.25, -0.2) is 9.55 Å². The minimum Gasteiger partial charge on any atom is -0.355 e. The van der Waals surface area contributed by atoms with Gasteiger partial charge in [-0.1, -0.05) is 41.9 Å². The summed E-state index contributed by atoms with van der Waals surface area (Å²) in [6.45, 7) is 2.51. The number of thiophene rings is 1. The van der Waals surface area contributed by atoms with Crippen LogP contribution in [-0.4, -0.2) is 34.6 Å². The molecule has 0 spiro atoms. The lowest BCUT2D eigenvalue weighted by atomic mass is 10.1. The Balaban J connectivity index is 1.59. The Labute approximate surface area is 189 Å². The molecule has 0 fully saturated rings. The number of hydrogen-bond acceptors (Lipinski definition) is 5. The Morgan fingerprint density at radius 3 is 2.68 bits per heavy atom. The molecule has 2 aromatic heterocycles. The Hall–Kier alpha value is -2.67. The van der Waals surface area contributed by atoms with Gasteiger partial charge in [0.25, 0.3) is 5.56 Å². The fraction of sp³-hybridized carbons (Fsp3) is 0.250. The lowest BCUT2D eigenvalue weighted by Crippen LogP contribution is -2.27. The van der Waals surface area contributed by atoms with Gasteiger partial charge in [-0.05, 0) is 55.3 Å². The van der Waals surface area contributed by atoms with E-state index in [0.717, 1.165) is 47.4 Å². The summed E-state index contributed by atoms with van der Waals surface area (Å²) >= 11 is 7.74. The second-order valence-corrected chi connectivity index (χ2v) is 9.41. The molecule has 0 saturated carbocycles. The van der Waals surface area contributed by atoms with Crippen LogP contribution in [0.25, 0.3) is 15.9 Å². The molecule has 3 heterocycles. The fourth-order valence-corrected chi connectivity index (χ4v) is 5.50. The van der Waals surface area contributed by atoms with Crippen LogP contribution in [0.4, 0.5) is 5.95 Å². The standard InChI is InChI=1S/C24H23ClN4OS/c1-28-14-12-19-20(15-28)31-22-21(19)23(30)29(18-9-7-17(25)8-10-18)24(27-22)26-13-11-16-5-3-2-4-6-16/h2-10H,11-15H2,1H3,(H,26,27). The van der Waals surface area contributed by atoms with E-state index >= 15 is 0 Å². The minimum atomic E-state index is -0.0170. The van der Waals surface area contributed by atoms with E-state index < -0.39 is 0 Å². The summed E-state index contributed by atoms with van der Waals surface area (Å²) in [5, 5.41) is 4.81. The first-order valence-electron chi connectivity index (χ1n) is 10.4. The van der Waals surface area contributed by atoms with Crippen molar-refractivity contribution in [3.8, 4) is 5.69 Å².